The zero-order valence-electron chi connectivity index (χ0n) is 11.3. The Morgan fingerprint density at radius 1 is 1.55 bits per heavy atom. The van der Waals surface area contributed by atoms with Gasteiger partial charge in [0.05, 0.1) is 11.4 Å². The highest BCUT2D eigenvalue weighted by Crippen LogP contribution is 2.06. The lowest BCUT2D eigenvalue weighted by Crippen LogP contribution is -2.06. The molecule has 0 amide bonds. The first-order chi connectivity index (χ1) is 7.55. The maximum Gasteiger partial charge on any atom is 0.339 e. The van der Waals surface area contributed by atoms with Gasteiger partial charge in [0.2, 0.25) is 0 Å². The van der Waals surface area contributed by atoms with E-state index in [4.69, 9.17) is 13.3 Å². The standard InChI is InChI=1S/C7H8N2O2/c1-4-6(7(10)11)5(2)9-3-8-4/h3H,1-2H3,(H,10,11)/i1D3,2D3. The van der Waals surface area contributed by atoms with Crippen LogP contribution in [0.5, 0.6) is 0 Å². The molecule has 1 heterocycles. The van der Waals surface area contributed by atoms with Crippen molar-refractivity contribution in [2.75, 3.05) is 0 Å². The van der Waals surface area contributed by atoms with E-state index in [2.05, 4.69) is 9.97 Å². The molecular formula is C7H8N2O2. The Morgan fingerprint density at radius 2 is 2.09 bits per heavy atom. The summed E-state index contributed by atoms with van der Waals surface area (Å²) >= 11 is 0. The lowest BCUT2D eigenvalue weighted by molar-refractivity contribution is 0.0694. The maximum absolute atomic E-state index is 11.0. The third-order valence-corrected chi connectivity index (χ3v) is 1.06. The number of carboxylic acids is 1. The third kappa shape index (κ3) is 1.34. The molecule has 0 atom stereocenters. The van der Waals surface area contributed by atoms with E-state index >= 15 is 0 Å². The molecule has 0 aliphatic carbocycles. The average molecular weight is 158 g/mol. The second-order valence-electron chi connectivity index (χ2n) is 1.75. The van der Waals surface area contributed by atoms with Gasteiger partial charge in [-0.3, -0.25) is 0 Å². The first-order valence-electron chi connectivity index (χ1n) is 5.64. The van der Waals surface area contributed by atoms with Crippen molar-refractivity contribution in [2.45, 2.75) is 13.7 Å². The van der Waals surface area contributed by atoms with Crippen molar-refractivity contribution in [2.24, 2.45) is 0 Å². The van der Waals surface area contributed by atoms with Crippen LogP contribution in [0.1, 0.15) is 30.0 Å². The normalized spacial score (nSPS) is 20.0. The van der Waals surface area contributed by atoms with Crippen molar-refractivity contribution in [1.82, 2.24) is 9.97 Å². The molecule has 0 unspecified atom stereocenters. The quantitative estimate of drug-likeness (QED) is 0.656. The van der Waals surface area contributed by atoms with Gasteiger partial charge in [-0.15, -0.1) is 0 Å². The van der Waals surface area contributed by atoms with Crippen LogP contribution < -0.4 is 0 Å². The minimum atomic E-state index is -2.81. The molecule has 1 N–H and O–H groups in total. The number of aryl methyl sites for hydroxylation is 2. The van der Waals surface area contributed by atoms with Gasteiger partial charge in [-0.2, -0.15) is 0 Å². The Morgan fingerprint density at radius 3 is 2.45 bits per heavy atom. The summed E-state index contributed by atoms with van der Waals surface area (Å²) in [5.74, 6) is -1.68. The summed E-state index contributed by atoms with van der Waals surface area (Å²) in [6.07, 6.45) is 0.732. The number of hydrogen-bond acceptors (Lipinski definition) is 3. The van der Waals surface area contributed by atoms with E-state index in [1.165, 1.54) is 0 Å². The summed E-state index contributed by atoms with van der Waals surface area (Å²) < 4.78 is 42.6. The summed E-state index contributed by atoms with van der Waals surface area (Å²) in [6.45, 7) is -5.62. The Balaban J connectivity index is 3.61. The zero-order chi connectivity index (χ0) is 13.4. The van der Waals surface area contributed by atoms with Gasteiger partial charge in [0.15, 0.2) is 0 Å². The fraction of sp³-hybridized carbons (Fsp3) is 0.286. The van der Waals surface area contributed by atoms with E-state index in [1.807, 2.05) is 0 Å². The summed E-state index contributed by atoms with van der Waals surface area (Å²) in [5.41, 5.74) is -2.43. The van der Waals surface area contributed by atoms with Crippen LogP contribution in [0.3, 0.4) is 0 Å². The fourth-order valence-electron chi connectivity index (χ4n) is 0.588. The van der Waals surface area contributed by atoms with E-state index < -0.39 is 36.6 Å². The van der Waals surface area contributed by atoms with Gasteiger partial charge in [-0.05, 0) is 13.7 Å². The van der Waals surface area contributed by atoms with Gasteiger partial charge in [0.1, 0.15) is 11.9 Å². The van der Waals surface area contributed by atoms with Crippen molar-refractivity contribution in [3.8, 4) is 0 Å². The van der Waals surface area contributed by atoms with Crippen LogP contribution >= 0.6 is 0 Å². The second-order valence-corrected chi connectivity index (χ2v) is 1.75. The predicted octanol–water partition coefficient (Wildman–Crippen LogP) is 0.792. The first kappa shape index (κ1) is 2.89. The molecule has 0 radical (unpaired) electrons. The molecule has 0 fully saturated rings. The lowest BCUT2D eigenvalue weighted by Gasteiger charge is -2.00. The largest absolute Gasteiger partial charge is 0.478 e. The van der Waals surface area contributed by atoms with Crippen molar-refractivity contribution >= 4 is 5.97 Å². The van der Waals surface area contributed by atoms with Crippen molar-refractivity contribution in [3.05, 3.63) is 23.3 Å². The number of aromatic carboxylic acids is 1. The Hall–Kier alpha value is -1.45. The molecular weight excluding hydrogens is 144 g/mol. The van der Waals surface area contributed by atoms with Crippen molar-refractivity contribution in [1.29, 1.82) is 0 Å². The molecule has 11 heavy (non-hydrogen) atoms. The molecule has 0 aliphatic heterocycles. The highest BCUT2D eigenvalue weighted by molar-refractivity contribution is 5.89. The number of carboxylic acid groups (broad SMARTS) is 1. The lowest BCUT2D eigenvalue weighted by atomic mass is 10.2. The van der Waals surface area contributed by atoms with Gasteiger partial charge in [-0.1, -0.05) is 0 Å². The molecule has 4 nitrogen and oxygen atoms in total. The smallest absolute Gasteiger partial charge is 0.339 e. The second kappa shape index (κ2) is 2.65. The van der Waals surface area contributed by atoms with E-state index in [0.717, 1.165) is 6.33 Å². The van der Waals surface area contributed by atoms with Crippen LogP contribution in [0.4, 0.5) is 0 Å². The first-order valence-corrected chi connectivity index (χ1v) is 2.64. The molecule has 58 valence electrons. The van der Waals surface area contributed by atoms with Gasteiger partial charge < -0.3 is 5.11 Å². The van der Waals surface area contributed by atoms with E-state index in [9.17, 15) is 4.79 Å². The van der Waals surface area contributed by atoms with Gasteiger partial charge in [0, 0.05) is 8.22 Å². The molecule has 1 aromatic heterocycles. The predicted molar refractivity (Wildman–Crippen MR) is 38.5 cm³/mol. The Labute approximate surface area is 72.4 Å². The SMILES string of the molecule is [2H]C([2H])([2H])c1ncnc(C([2H])([2H])[2H])c1C(=O)O. The molecule has 0 saturated carbocycles. The summed E-state index contributed by atoms with van der Waals surface area (Å²) in [6, 6.07) is 0. The van der Waals surface area contributed by atoms with E-state index in [1.54, 1.807) is 0 Å². The highest BCUT2D eigenvalue weighted by Gasteiger charge is 2.11. The topological polar surface area (TPSA) is 63.1 Å². The summed E-state index contributed by atoms with van der Waals surface area (Å²) in [4.78, 5) is 17.6. The molecule has 0 aliphatic rings. The van der Waals surface area contributed by atoms with Gasteiger partial charge in [-0.25, -0.2) is 14.8 Å². The molecule has 1 rings (SSSR count). The van der Waals surface area contributed by atoms with Gasteiger partial charge in [0.25, 0.3) is 0 Å². The van der Waals surface area contributed by atoms with Crippen LogP contribution in [-0.4, -0.2) is 21.0 Å². The number of nitrogens with zero attached hydrogens (tertiary/aromatic N) is 2. The average Bonchev–Trinajstić information content (AvgIpc) is 2.13. The van der Waals surface area contributed by atoms with Crippen LogP contribution in [0.2, 0.25) is 0 Å². The molecule has 0 spiro atoms. The fourth-order valence-corrected chi connectivity index (χ4v) is 0.588. The molecule has 4 heteroatoms. The minimum absolute atomic E-state index is 0.732. The minimum Gasteiger partial charge on any atom is -0.478 e. The van der Waals surface area contributed by atoms with Crippen LogP contribution in [-0.2, 0) is 0 Å². The number of aromatic nitrogens is 2. The number of hydrogen-bond donors (Lipinski definition) is 1. The molecule has 0 aromatic carbocycles. The molecule has 1 aromatic rings. The van der Waals surface area contributed by atoms with Crippen molar-refractivity contribution in [3.63, 3.8) is 0 Å². The van der Waals surface area contributed by atoms with Gasteiger partial charge >= 0.3 is 5.97 Å². The number of carbonyl (C=O) groups is 1. The molecule has 0 bridgehead atoms. The van der Waals surface area contributed by atoms with E-state index in [0.29, 0.717) is 0 Å². The summed E-state index contributed by atoms with van der Waals surface area (Å²) in [5, 5.41) is 8.89. The molecule has 0 saturated heterocycles. The number of rotatable bonds is 1. The van der Waals surface area contributed by atoms with Crippen LogP contribution in [0.25, 0.3) is 0 Å². The van der Waals surface area contributed by atoms with Crippen LogP contribution in [0, 0.1) is 13.7 Å². The third-order valence-electron chi connectivity index (χ3n) is 1.06. The highest BCUT2D eigenvalue weighted by atomic mass is 16.4. The van der Waals surface area contributed by atoms with E-state index in [-0.39, 0.29) is 0 Å². The van der Waals surface area contributed by atoms with Crippen molar-refractivity contribution < 1.29 is 18.1 Å². The zero-order valence-corrected chi connectivity index (χ0v) is 5.33. The van der Waals surface area contributed by atoms with Crippen LogP contribution in [0.15, 0.2) is 6.33 Å². The maximum atomic E-state index is 11.0. The Bertz CT molecular complexity index is 420. The monoisotopic (exact) mass is 158 g/mol. The Kier molecular flexibility index (Phi) is 0.697. The summed E-state index contributed by atoms with van der Waals surface area (Å²) in [7, 11) is 0.